The molecule has 2 aromatic heterocycles. The molecular formula is C22H25N3O2S2. The molecule has 0 bridgehead atoms. The predicted molar refractivity (Wildman–Crippen MR) is 121 cm³/mol. The zero-order valence-corrected chi connectivity index (χ0v) is 18.2. The minimum atomic E-state index is 0.211. The first-order valence-corrected chi connectivity index (χ1v) is 11.9. The number of carbonyl (C=O) groups excluding carboxylic acids is 1. The van der Waals surface area contributed by atoms with E-state index in [0.29, 0.717) is 11.5 Å². The van der Waals surface area contributed by atoms with E-state index in [1.807, 2.05) is 28.5 Å². The van der Waals surface area contributed by atoms with Crippen LogP contribution < -0.4 is 4.90 Å². The second kappa shape index (κ2) is 9.50. The minimum Gasteiger partial charge on any atom is -0.370 e. The zero-order valence-electron chi connectivity index (χ0n) is 16.5. The van der Waals surface area contributed by atoms with Crippen LogP contribution in [0.1, 0.15) is 17.7 Å². The first-order valence-electron chi connectivity index (χ1n) is 9.85. The fourth-order valence-electron chi connectivity index (χ4n) is 3.43. The quantitative estimate of drug-likeness (QED) is 0.571. The summed E-state index contributed by atoms with van der Waals surface area (Å²) in [7, 11) is 0. The third-order valence-electron chi connectivity index (χ3n) is 5.05. The van der Waals surface area contributed by atoms with Crippen LogP contribution in [-0.4, -0.2) is 47.9 Å². The molecule has 0 aliphatic carbocycles. The molecule has 5 nitrogen and oxygen atoms in total. The second-order valence-corrected chi connectivity index (χ2v) is 9.14. The molecule has 0 N–H and O–H groups in total. The number of aryl methyl sites for hydroxylation is 1. The maximum absolute atomic E-state index is 12.7. The zero-order chi connectivity index (χ0) is 20.1. The maximum atomic E-state index is 12.7. The molecule has 1 aromatic carbocycles. The van der Waals surface area contributed by atoms with Gasteiger partial charge in [0.05, 0.1) is 16.3 Å². The fraction of sp³-hybridized carbons (Fsp3) is 0.364. The Morgan fingerprint density at radius 1 is 1.17 bits per heavy atom. The van der Waals surface area contributed by atoms with Gasteiger partial charge in [0.2, 0.25) is 5.91 Å². The molecule has 3 aromatic rings. The van der Waals surface area contributed by atoms with Gasteiger partial charge in [0.15, 0.2) is 5.76 Å². The Morgan fingerprint density at radius 2 is 2.03 bits per heavy atom. The molecule has 0 radical (unpaired) electrons. The highest BCUT2D eigenvalue weighted by Crippen LogP contribution is 2.26. The van der Waals surface area contributed by atoms with Crippen molar-refractivity contribution in [3.8, 4) is 10.6 Å². The maximum Gasteiger partial charge on any atom is 0.232 e. The highest BCUT2D eigenvalue weighted by molar-refractivity contribution is 7.99. The minimum absolute atomic E-state index is 0.211. The van der Waals surface area contributed by atoms with E-state index in [4.69, 9.17) is 4.52 Å². The van der Waals surface area contributed by atoms with Crippen molar-refractivity contribution in [2.45, 2.75) is 19.1 Å². The van der Waals surface area contributed by atoms with Gasteiger partial charge in [0.25, 0.3) is 0 Å². The van der Waals surface area contributed by atoms with Gasteiger partial charge in [0.1, 0.15) is 0 Å². The van der Waals surface area contributed by atoms with Gasteiger partial charge in [-0.1, -0.05) is 28.9 Å². The summed E-state index contributed by atoms with van der Waals surface area (Å²) < 4.78 is 5.41. The standard InChI is InChI=1S/C22H25N3O2S2/c1-17-5-7-19(8-6-17)24-9-3-10-25(12-11-24)22(26)16-28-15-18-14-20(27-23-18)21-4-2-13-29-21/h2,4-8,13-14H,3,9-12,15-16H2,1H3. The topological polar surface area (TPSA) is 49.6 Å². The van der Waals surface area contributed by atoms with Gasteiger partial charge < -0.3 is 14.3 Å². The van der Waals surface area contributed by atoms with E-state index in [0.717, 1.165) is 48.9 Å². The van der Waals surface area contributed by atoms with Crippen LogP contribution in [0.4, 0.5) is 5.69 Å². The van der Waals surface area contributed by atoms with E-state index >= 15 is 0 Å². The molecule has 0 saturated carbocycles. The van der Waals surface area contributed by atoms with E-state index in [-0.39, 0.29) is 5.91 Å². The third kappa shape index (κ3) is 5.22. The Labute approximate surface area is 179 Å². The lowest BCUT2D eigenvalue weighted by molar-refractivity contribution is -0.128. The number of rotatable bonds is 6. The Kier molecular flexibility index (Phi) is 6.56. The molecule has 3 heterocycles. The summed E-state index contributed by atoms with van der Waals surface area (Å²) in [6, 6.07) is 14.6. The van der Waals surface area contributed by atoms with Crippen molar-refractivity contribution in [1.82, 2.24) is 10.1 Å². The largest absolute Gasteiger partial charge is 0.370 e. The van der Waals surface area contributed by atoms with Crippen molar-refractivity contribution in [1.29, 1.82) is 0 Å². The van der Waals surface area contributed by atoms with Crippen LogP contribution in [0.2, 0.25) is 0 Å². The lowest BCUT2D eigenvalue weighted by Gasteiger charge is -2.23. The predicted octanol–water partition coefficient (Wildman–Crippen LogP) is 4.68. The second-order valence-electron chi connectivity index (χ2n) is 7.21. The van der Waals surface area contributed by atoms with Crippen molar-refractivity contribution in [3.63, 3.8) is 0 Å². The Bertz CT molecular complexity index is 922. The number of anilines is 1. The third-order valence-corrected chi connectivity index (χ3v) is 6.88. The van der Waals surface area contributed by atoms with E-state index in [1.165, 1.54) is 11.3 Å². The van der Waals surface area contributed by atoms with Crippen molar-refractivity contribution in [2.75, 3.05) is 36.8 Å². The highest BCUT2D eigenvalue weighted by Gasteiger charge is 2.19. The molecule has 7 heteroatoms. The van der Waals surface area contributed by atoms with Crippen LogP contribution in [0.15, 0.2) is 52.4 Å². The number of amides is 1. The van der Waals surface area contributed by atoms with E-state index < -0.39 is 0 Å². The van der Waals surface area contributed by atoms with Gasteiger partial charge in [-0.15, -0.1) is 23.1 Å². The summed E-state index contributed by atoms with van der Waals surface area (Å²) in [6.07, 6.45) is 0.998. The van der Waals surface area contributed by atoms with Gasteiger partial charge in [0, 0.05) is 43.7 Å². The van der Waals surface area contributed by atoms with Crippen molar-refractivity contribution >= 4 is 34.7 Å². The summed E-state index contributed by atoms with van der Waals surface area (Å²) in [5.74, 6) is 2.17. The molecule has 1 amide bonds. The molecule has 0 spiro atoms. The average Bonchev–Trinajstić information content (AvgIpc) is 3.36. The molecule has 0 unspecified atom stereocenters. The van der Waals surface area contributed by atoms with Gasteiger partial charge in [-0.05, 0) is 36.9 Å². The van der Waals surface area contributed by atoms with E-state index in [9.17, 15) is 4.79 Å². The van der Waals surface area contributed by atoms with Gasteiger partial charge in [-0.3, -0.25) is 4.79 Å². The van der Waals surface area contributed by atoms with Crippen molar-refractivity contribution in [3.05, 3.63) is 59.1 Å². The summed E-state index contributed by atoms with van der Waals surface area (Å²) >= 11 is 3.23. The molecular weight excluding hydrogens is 402 g/mol. The number of carbonyl (C=O) groups is 1. The molecule has 152 valence electrons. The van der Waals surface area contributed by atoms with Crippen LogP contribution in [0, 0.1) is 6.92 Å². The molecule has 1 fully saturated rings. The number of thiophene rings is 1. The molecule has 1 aliphatic heterocycles. The molecule has 1 saturated heterocycles. The van der Waals surface area contributed by atoms with Gasteiger partial charge in [-0.2, -0.15) is 0 Å². The number of aromatic nitrogens is 1. The smallest absolute Gasteiger partial charge is 0.232 e. The summed E-state index contributed by atoms with van der Waals surface area (Å²) in [5, 5.41) is 6.15. The monoisotopic (exact) mass is 427 g/mol. The normalized spacial score (nSPS) is 14.8. The first kappa shape index (κ1) is 20.0. The van der Waals surface area contributed by atoms with Crippen molar-refractivity contribution in [2.24, 2.45) is 0 Å². The van der Waals surface area contributed by atoms with E-state index in [2.05, 4.69) is 41.2 Å². The van der Waals surface area contributed by atoms with Crippen molar-refractivity contribution < 1.29 is 9.32 Å². The summed E-state index contributed by atoms with van der Waals surface area (Å²) in [4.78, 5) is 18.1. The lowest BCUT2D eigenvalue weighted by Crippen LogP contribution is -2.36. The van der Waals surface area contributed by atoms with Crippen LogP contribution in [0.3, 0.4) is 0 Å². The van der Waals surface area contributed by atoms with Gasteiger partial charge >= 0.3 is 0 Å². The highest BCUT2D eigenvalue weighted by atomic mass is 32.2. The van der Waals surface area contributed by atoms with Crippen LogP contribution in [0.5, 0.6) is 0 Å². The van der Waals surface area contributed by atoms with Gasteiger partial charge in [-0.25, -0.2) is 0 Å². The molecule has 29 heavy (non-hydrogen) atoms. The summed E-state index contributed by atoms with van der Waals surface area (Å²) in [6.45, 7) is 5.58. The van der Waals surface area contributed by atoms with Crippen LogP contribution in [0.25, 0.3) is 10.6 Å². The first-order chi connectivity index (χ1) is 14.2. The summed E-state index contributed by atoms with van der Waals surface area (Å²) in [5.41, 5.74) is 3.39. The number of benzene rings is 1. The molecule has 4 rings (SSSR count). The van der Waals surface area contributed by atoms with Crippen LogP contribution in [-0.2, 0) is 10.5 Å². The van der Waals surface area contributed by atoms with E-state index in [1.54, 1.807) is 23.1 Å². The Balaban J connectivity index is 1.24. The average molecular weight is 428 g/mol. The Morgan fingerprint density at radius 3 is 2.83 bits per heavy atom. The Hall–Kier alpha value is -2.25. The SMILES string of the molecule is Cc1ccc(N2CCCN(C(=O)CSCc3cc(-c4cccs4)on3)CC2)cc1. The number of nitrogens with zero attached hydrogens (tertiary/aromatic N) is 3. The molecule has 0 atom stereocenters. The fourth-order valence-corrected chi connectivity index (χ4v) is 4.91. The lowest BCUT2D eigenvalue weighted by atomic mass is 10.2. The molecule has 1 aliphatic rings. The number of hydrogen-bond donors (Lipinski definition) is 0. The van der Waals surface area contributed by atoms with Crippen LogP contribution >= 0.6 is 23.1 Å². The number of hydrogen-bond acceptors (Lipinski definition) is 6. The number of thioether (sulfide) groups is 1.